The first-order valence-corrected chi connectivity index (χ1v) is 6.06. The van der Waals surface area contributed by atoms with Crippen LogP contribution in [0.3, 0.4) is 0 Å². The van der Waals surface area contributed by atoms with Crippen molar-refractivity contribution >= 4 is 0 Å². The summed E-state index contributed by atoms with van der Waals surface area (Å²) >= 11 is 0. The smallest absolute Gasteiger partial charge is 0.132 e. The molecule has 0 atom stereocenters. The van der Waals surface area contributed by atoms with Gasteiger partial charge in [-0.25, -0.2) is 4.98 Å². The fourth-order valence-corrected chi connectivity index (χ4v) is 2.16. The second-order valence-corrected chi connectivity index (χ2v) is 4.06. The number of benzene rings is 1. The van der Waals surface area contributed by atoms with Crippen LogP contribution in [0.15, 0.2) is 24.4 Å². The van der Waals surface area contributed by atoms with Crippen LogP contribution in [-0.4, -0.2) is 15.1 Å². The molecular weight excluding hydrogens is 212 g/mol. The topological polar surface area (TPSA) is 48.9 Å². The molecule has 0 aliphatic rings. The molecule has 2 aromatic rings. The van der Waals surface area contributed by atoms with Crippen molar-refractivity contribution in [2.75, 3.05) is 0 Å². The van der Waals surface area contributed by atoms with E-state index in [-0.39, 0.29) is 6.61 Å². The second-order valence-electron chi connectivity index (χ2n) is 4.06. The molecule has 0 aliphatic carbocycles. The zero-order valence-corrected chi connectivity index (χ0v) is 10.3. The Morgan fingerprint density at radius 1 is 1.18 bits per heavy atom. The van der Waals surface area contributed by atoms with Crippen LogP contribution in [0, 0.1) is 0 Å². The molecular formula is C14H18N2O. The predicted octanol–water partition coefficient (Wildman–Crippen LogP) is 2.69. The summed E-state index contributed by atoms with van der Waals surface area (Å²) in [7, 11) is 0. The number of rotatable bonds is 4. The molecule has 1 heterocycles. The van der Waals surface area contributed by atoms with E-state index < -0.39 is 0 Å². The number of hydrogen-bond donors (Lipinski definition) is 2. The van der Waals surface area contributed by atoms with Crippen molar-refractivity contribution < 1.29 is 5.11 Å². The highest BCUT2D eigenvalue weighted by Gasteiger charge is 2.10. The minimum atomic E-state index is -0.0459. The Morgan fingerprint density at radius 2 is 1.82 bits per heavy atom. The summed E-state index contributed by atoms with van der Waals surface area (Å²) in [5.74, 6) is 0.618. The summed E-state index contributed by atoms with van der Waals surface area (Å²) in [5.41, 5.74) is 4.88. The van der Waals surface area contributed by atoms with Gasteiger partial charge in [-0.05, 0) is 24.0 Å². The highest BCUT2D eigenvalue weighted by Crippen LogP contribution is 2.27. The molecule has 0 fully saturated rings. The van der Waals surface area contributed by atoms with Gasteiger partial charge in [0, 0.05) is 5.56 Å². The van der Waals surface area contributed by atoms with Crippen LogP contribution in [0.4, 0.5) is 0 Å². The van der Waals surface area contributed by atoms with Crippen molar-refractivity contribution in [3.8, 4) is 11.3 Å². The fraction of sp³-hybridized carbons (Fsp3) is 0.357. The minimum absolute atomic E-state index is 0.0459. The predicted molar refractivity (Wildman–Crippen MR) is 68.7 cm³/mol. The fourth-order valence-electron chi connectivity index (χ4n) is 2.16. The minimum Gasteiger partial charge on any atom is -0.388 e. The number of imidazole rings is 1. The molecule has 2 N–H and O–H groups in total. The highest BCUT2D eigenvalue weighted by molar-refractivity contribution is 5.67. The lowest BCUT2D eigenvalue weighted by atomic mass is 9.95. The third-order valence-corrected chi connectivity index (χ3v) is 3.05. The quantitative estimate of drug-likeness (QED) is 0.848. The normalized spacial score (nSPS) is 10.8. The summed E-state index contributed by atoms with van der Waals surface area (Å²) < 4.78 is 0. The third kappa shape index (κ3) is 2.24. The van der Waals surface area contributed by atoms with Gasteiger partial charge in [-0.15, -0.1) is 0 Å². The number of aliphatic hydroxyl groups excluding tert-OH is 1. The highest BCUT2D eigenvalue weighted by atomic mass is 16.3. The molecule has 3 nitrogen and oxygen atoms in total. The molecule has 0 bridgehead atoms. The van der Waals surface area contributed by atoms with Crippen molar-refractivity contribution in [3.63, 3.8) is 0 Å². The van der Waals surface area contributed by atoms with Gasteiger partial charge in [0.2, 0.25) is 0 Å². The molecule has 17 heavy (non-hydrogen) atoms. The molecule has 0 radical (unpaired) electrons. The van der Waals surface area contributed by atoms with Gasteiger partial charge in [-0.2, -0.15) is 0 Å². The summed E-state index contributed by atoms with van der Waals surface area (Å²) in [6.45, 7) is 4.26. The molecule has 1 aromatic heterocycles. The zero-order valence-electron chi connectivity index (χ0n) is 10.3. The van der Waals surface area contributed by atoms with Crippen LogP contribution >= 0.6 is 0 Å². The van der Waals surface area contributed by atoms with Crippen LogP contribution in [0.5, 0.6) is 0 Å². The molecule has 0 aliphatic heterocycles. The number of aryl methyl sites for hydroxylation is 2. The lowest BCUT2D eigenvalue weighted by molar-refractivity contribution is 0.272. The number of aromatic nitrogens is 2. The van der Waals surface area contributed by atoms with E-state index in [0.29, 0.717) is 5.82 Å². The van der Waals surface area contributed by atoms with E-state index in [1.807, 2.05) is 0 Å². The number of H-pyrrole nitrogens is 1. The maximum atomic E-state index is 9.06. The molecule has 2 rings (SSSR count). The Labute approximate surface area is 102 Å². The molecule has 0 amide bonds. The molecule has 0 saturated carbocycles. The van der Waals surface area contributed by atoms with E-state index in [2.05, 4.69) is 42.0 Å². The van der Waals surface area contributed by atoms with Gasteiger partial charge >= 0.3 is 0 Å². The van der Waals surface area contributed by atoms with Crippen LogP contribution in [-0.2, 0) is 19.4 Å². The average Bonchev–Trinajstić information content (AvgIpc) is 2.86. The van der Waals surface area contributed by atoms with Crippen LogP contribution in [0.2, 0.25) is 0 Å². The van der Waals surface area contributed by atoms with Crippen molar-refractivity contribution in [2.24, 2.45) is 0 Å². The summed E-state index contributed by atoms with van der Waals surface area (Å²) in [6.07, 6.45) is 3.80. The number of nitrogens with zero attached hydrogens (tertiary/aromatic N) is 1. The molecule has 0 unspecified atom stereocenters. The van der Waals surface area contributed by atoms with Crippen molar-refractivity contribution in [3.05, 3.63) is 41.3 Å². The largest absolute Gasteiger partial charge is 0.388 e. The number of nitrogens with one attached hydrogen (secondary N) is 1. The summed E-state index contributed by atoms with van der Waals surface area (Å²) in [6, 6.07) is 6.40. The van der Waals surface area contributed by atoms with Gasteiger partial charge in [0.1, 0.15) is 12.4 Å². The first-order chi connectivity index (χ1) is 8.30. The third-order valence-electron chi connectivity index (χ3n) is 3.05. The Bertz CT molecular complexity index is 480. The van der Waals surface area contributed by atoms with Crippen LogP contribution in [0.25, 0.3) is 11.3 Å². The van der Waals surface area contributed by atoms with Crippen molar-refractivity contribution in [2.45, 2.75) is 33.3 Å². The molecule has 3 heteroatoms. The van der Waals surface area contributed by atoms with Gasteiger partial charge in [0.15, 0.2) is 0 Å². The van der Waals surface area contributed by atoms with E-state index in [9.17, 15) is 0 Å². The second kappa shape index (κ2) is 5.15. The van der Waals surface area contributed by atoms with Gasteiger partial charge in [0.05, 0.1) is 11.9 Å². The van der Waals surface area contributed by atoms with Gasteiger partial charge in [-0.1, -0.05) is 32.0 Å². The Morgan fingerprint density at radius 3 is 2.29 bits per heavy atom. The summed E-state index contributed by atoms with van der Waals surface area (Å²) in [4.78, 5) is 7.32. The van der Waals surface area contributed by atoms with E-state index in [1.165, 1.54) is 16.7 Å². The lowest BCUT2D eigenvalue weighted by Gasteiger charge is -2.11. The van der Waals surface area contributed by atoms with Crippen LogP contribution in [0.1, 0.15) is 30.8 Å². The van der Waals surface area contributed by atoms with Gasteiger partial charge in [0.25, 0.3) is 0 Å². The van der Waals surface area contributed by atoms with E-state index in [0.717, 1.165) is 18.5 Å². The van der Waals surface area contributed by atoms with Crippen molar-refractivity contribution in [1.29, 1.82) is 0 Å². The Kier molecular flexibility index (Phi) is 3.59. The Hall–Kier alpha value is -1.61. The lowest BCUT2D eigenvalue weighted by Crippen LogP contribution is -1.94. The molecule has 0 saturated heterocycles. The maximum absolute atomic E-state index is 9.06. The monoisotopic (exact) mass is 230 g/mol. The number of aliphatic hydroxyl groups is 1. The molecule has 1 aromatic carbocycles. The Balaban J connectivity index is 2.55. The summed E-state index contributed by atoms with van der Waals surface area (Å²) in [5, 5.41) is 9.06. The van der Waals surface area contributed by atoms with E-state index in [1.54, 1.807) is 6.20 Å². The maximum Gasteiger partial charge on any atom is 0.132 e. The van der Waals surface area contributed by atoms with Gasteiger partial charge in [-0.3, -0.25) is 0 Å². The molecule has 90 valence electrons. The average molecular weight is 230 g/mol. The standard InChI is InChI=1S/C14H18N2O/c1-3-10-6-5-7-11(4-2)14(10)12-8-15-13(9-17)16-12/h5-8,17H,3-4,9H2,1-2H3,(H,15,16). The van der Waals surface area contributed by atoms with E-state index in [4.69, 9.17) is 5.11 Å². The first-order valence-electron chi connectivity index (χ1n) is 6.06. The number of hydrogen-bond acceptors (Lipinski definition) is 2. The van der Waals surface area contributed by atoms with Gasteiger partial charge < -0.3 is 10.1 Å². The van der Waals surface area contributed by atoms with E-state index >= 15 is 0 Å². The first kappa shape index (κ1) is 11.9. The SMILES string of the molecule is CCc1cccc(CC)c1-c1cnc(CO)[nH]1. The van der Waals surface area contributed by atoms with Crippen molar-refractivity contribution in [1.82, 2.24) is 9.97 Å². The zero-order chi connectivity index (χ0) is 12.3. The van der Waals surface area contributed by atoms with Crippen LogP contribution < -0.4 is 0 Å². The number of aromatic amines is 1. The molecule has 0 spiro atoms.